The highest BCUT2D eigenvalue weighted by Crippen LogP contribution is 2.06. The van der Waals surface area contributed by atoms with Crippen molar-refractivity contribution < 1.29 is 4.79 Å². The standard InChI is InChI=1S/C17H23N3O/c1-3-4-10-20-17(21)16(12-18)13-19-11-9-15-8-6-5-7-14(15)2/h5-8,13,19H,3-4,9-11H2,1-2H3,(H,20,21)/b16-13-. The maximum atomic E-state index is 11.7. The minimum Gasteiger partial charge on any atom is -0.389 e. The van der Waals surface area contributed by atoms with Gasteiger partial charge in [0.2, 0.25) is 0 Å². The quantitative estimate of drug-likeness (QED) is 0.438. The normalized spacial score (nSPS) is 10.8. The first-order valence-corrected chi connectivity index (χ1v) is 7.35. The van der Waals surface area contributed by atoms with E-state index in [1.54, 1.807) is 0 Å². The summed E-state index contributed by atoms with van der Waals surface area (Å²) in [6.07, 6.45) is 4.30. The average molecular weight is 285 g/mol. The lowest BCUT2D eigenvalue weighted by molar-refractivity contribution is -0.117. The first-order valence-electron chi connectivity index (χ1n) is 7.35. The van der Waals surface area contributed by atoms with Gasteiger partial charge in [-0.25, -0.2) is 0 Å². The molecule has 0 fully saturated rings. The molecule has 112 valence electrons. The lowest BCUT2D eigenvalue weighted by atomic mass is 10.1. The molecule has 21 heavy (non-hydrogen) atoms. The van der Waals surface area contributed by atoms with Gasteiger partial charge in [-0.3, -0.25) is 4.79 Å². The SMILES string of the molecule is CCCCNC(=O)/C(C#N)=C\NCCc1ccccc1C. The number of nitriles is 1. The Hall–Kier alpha value is -2.28. The Bertz CT molecular complexity index is 529. The van der Waals surface area contributed by atoms with E-state index in [-0.39, 0.29) is 11.5 Å². The predicted molar refractivity (Wildman–Crippen MR) is 84.5 cm³/mol. The summed E-state index contributed by atoms with van der Waals surface area (Å²) in [5.41, 5.74) is 2.64. The molecule has 2 N–H and O–H groups in total. The number of benzene rings is 1. The molecule has 0 bridgehead atoms. The van der Waals surface area contributed by atoms with Gasteiger partial charge < -0.3 is 10.6 Å². The van der Waals surface area contributed by atoms with Crippen molar-refractivity contribution >= 4 is 5.91 Å². The number of hydrogen-bond acceptors (Lipinski definition) is 3. The van der Waals surface area contributed by atoms with Gasteiger partial charge in [0.25, 0.3) is 5.91 Å². The summed E-state index contributed by atoms with van der Waals surface area (Å²) >= 11 is 0. The fourth-order valence-electron chi connectivity index (χ4n) is 1.89. The summed E-state index contributed by atoms with van der Waals surface area (Å²) in [5, 5.41) is 14.8. The van der Waals surface area contributed by atoms with Crippen molar-refractivity contribution in [3.8, 4) is 6.07 Å². The molecular weight excluding hydrogens is 262 g/mol. The molecule has 1 aromatic rings. The third-order valence-corrected chi connectivity index (χ3v) is 3.23. The Balaban J connectivity index is 2.41. The van der Waals surface area contributed by atoms with E-state index in [0.717, 1.165) is 19.3 Å². The van der Waals surface area contributed by atoms with E-state index >= 15 is 0 Å². The molecule has 0 aliphatic heterocycles. The molecule has 0 unspecified atom stereocenters. The van der Waals surface area contributed by atoms with Crippen LogP contribution in [0, 0.1) is 18.3 Å². The molecule has 0 saturated heterocycles. The molecular formula is C17H23N3O. The lowest BCUT2D eigenvalue weighted by Crippen LogP contribution is -2.26. The van der Waals surface area contributed by atoms with E-state index in [4.69, 9.17) is 5.26 Å². The van der Waals surface area contributed by atoms with Crippen LogP contribution in [-0.2, 0) is 11.2 Å². The number of amides is 1. The highest BCUT2D eigenvalue weighted by molar-refractivity contribution is 5.97. The van der Waals surface area contributed by atoms with Gasteiger partial charge in [0.05, 0.1) is 0 Å². The Labute approximate surface area is 126 Å². The Morgan fingerprint density at radius 2 is 2.10 bits per heavy atom. The molecule has 0 spiro atoms. The van der Waals surface area contributed by atoms with Crippen LogP contribution in [0.4, 0.5) is 0 Å². The summed E-state index contributed by atoms with van der Waals surface area (Å²) in [5.74, 6) is -0.311. The number of hydrogen-bond donors (Lipinski definition) is 2. The molecule has 0 saturated carbocycles. The van der Waals surface area contributed by atoms with Crippen LogP contribution < -0.4 is 10.6 Å². The smallest absolute Gasteiger partial charge is 0.263 e. The number of aryl methyl sites for hydroxylation is 1. The van der Waals surface area contributed by atoms with E-state index in [1.165, 1.54) is 17.3 Å². The summed E-state index contributed by atoms with van der Waals surface area (Å²) in [6.45, 7) is 5.43. The third kappa shape index (κ3) is 6.13. The molecule has 0 heterocycles. The largest absolute Gasteiger partial charge is 0.389 e. The maximum absolute atomic E-state index is 11.7. The average Bonchev–Trinajstić information content (AvgIpc) is 2.49. The van der Waals surface area contributed by atoms with Gasteiger partial charge in [0.15, 0.2) is 0 Å². The number of carbonyl (C=O) groups is 1. The first kappa shape index (κ1) is 16.8. The molecule has 0 aliphatic rings. The summed E-state index contributed by atoms with van der Waals surface area (Å²) in [7, 11) is 0. The van der Waals surface area contributed by atoms with Crippen molar-refractivity contribution in [2.75, 3.05) is 13.1 Å². The van der Waals surface area contributed by atoms with Gasteiger partial charge in [-0.05, 0) is 30.9 Å². The second kappa shape index (κ2) is 9.60. The highest BCUT2D eigenvalue weighted by Gasteiger charge is 2.07. The number of nitrogens with one attached hydrogen (secondary N) is 2. The zero-order chi connectivity index (χ0) is 15.5. The third-order valence-electron chi connectivity index (χ3n) is 3.23. The predicted octanol–water partition coefficient (Wildman–Crippen LogP) is 2.45. The summed E-state index contributed by atoms with van der Waals surface area (Å²) < 4.78 is 0. The van der Waals surface area contributed by atoms with Crippen LogP contribution in [0.2, 0.25) is 0 Å². The molecule has 0 atom stereocenters. The topological polar surface area (TPSA) is 64.9 Å². The van der Waals surface area contributed by atoms with E-state index in [1.807, 2.05) is 18.2 Å². The molecule has 0 aliphatic carbocycles. The van der Waals surface area contributed by atoms with Crippen LogP contribution in [0.25, 0.3) is 0 Å². The van der Waals surface area contributed by atoms with E-state index < -0.39 is 0 Å². The second-order valence-corrected chi connectivity index (χ2v) is 4.91. The Kier molecular flexibility index (Phi) is 7.67. The van der Waals surface area contributed by atoms with Crippen molar-refractivity contribution in [2.45, 2.75) is 33.1 Å². The zero-order valence-corrected chi connectivity index (χ0v) is 12.8. The lowest BCUT2D eigenvalue weighted by Gasteiger charge is -2.06. The number of nitrogens with zero attached hydrogens (tertiary/aromatic N) is 1. The van der Waals surface area contributed by atoms with Crippen LogP contribution in [0.15, 0.2) is 36.0 Å². The van der Waals surface area contributed by atoms with Gasteiger partial charge in [-0.2, -0.15) is 5.26 Å². The van der Waals surface area contributed by atoms with Gasteiger partial charge >= 0.3 is 0 Å². The number of unbranched alkanes of at least 4 members (excludes halogenated alkanes) is 1. The molecule has 1 rings (SSSR count). The van der Waals surface area contributed by atoms with Crippen molar-refractivity contribution in [2.24, 2.45) is 0 Å². The molecule has 4 nitrogen and oxygen atoms in total. The highest BCUT2D eigenvalue weighted by atomic mass is 16.1. The van der Waals surface area contributed by atoms with Gasteiger partial charge in [-0.1, -0.05) is 37.6 Å². The van der Waals surface area contributed by atoms with E-state index in [9.17, 15) is 4.79 Å². The minimum atomic E-state index is -0.311. The summed E-state index contributed by atoms with van der Waals surface area (Å²) in [4.78, 5) is 11.7. The maximum Gasteiger partial charge on any atom is 0.263 e. The van der Waals surface area contributed by atoms with Crippen molar-refractivity contribution in [1.29, 1.82) is 5.26 Å². The van der Waals surface area contributed by atoms with Crippen LogP contribution in [0.3, 0.4) is 0 Å². The Morgan fingerprint density at radius 1 is 1.33 bits per heavy atom. The molecule has 1 amide bonds. The molecule has 1 aromatic carbocycles. The van der Waals surface area contributed by atoms with E-state index in [2.05, 4.69) is 36.6 Å². The van der Waals surface area contributed by atoms with Gasteiger partial charge in [0, 0.05) is 19.3 Å². The van der Waals surface area contributed by atoms with Crippen molar-refractivity contribution in [3.05, 3.63) is 47.2 Å². The van der Waals surface area contributed by atoms with Crippen molar-refractivity contribution in [1.82, 2.24) is 10.6 Å². The first-order chi connectivity index (χ1) is 10.2. The number of carbonyl (C=O) groups excluding carboxylic acids is 1. The zero-order valence-electron chi connectivity index (χ0n) is 12.8. The fraction of sp³-hybridized carbons (Fsp3) is 0.412. The fourth-order valence-corrected chi connectivity index (χ4v) is 1.89. The molecule has 0 radical (unpaired) electrons. The van der Waals surface area contributed by atoms with Crippen LogP contribution in [-0.4, -0.2) is 19.0 Å². The number of rotatable bonds is 8. The van der Waals surface area contributed by atoms with Crippen LogP contribution in [0.1, 0.15) is 30.9 Å². The molecule has 0 aromatic heterocycles. The van der Waals surface area contributed by atoms with Crippen molar-refractivity contribution in [3.63, 3.8) is 0 Å². The van der Waals surface area contributed by atoms with E-state index in [0.29, 0.717) is 13.1 Å². The molecule has 4 heteroatoms. The van der Waals surface area contributed by atoms with Crippen LogP contribution in [0.5, 0.6) is 0 Å². The Morgan fingerprint density at radius 3 is 2.76 bits per heavy atom. The van der Waals surface area contributed by atoms with Gasteiger partial charge in [-0.15, -0.1) is 0 Å². The van der Waals surface area contributed by atoms with Crippen LogP contribution >= 0.6 is 0 Å². The monoisotopic (exact) mass is 285 g/mol. The van der Waals surface area contributed by atoms with Gasteiger partial charge in [0.1, 0.15) is 11.6 Å². The summed E-state index contributed by atoms with van der Waals surface area (Å²) in [6, 6.07) is 10.1. The second-order valence-electron chi connectivity index (χ2n) is 4.91. The minimum absolute atomic E-state index is 0.121.